The summed E-state index contributed by atoms with van der Waals surface area (Å²) in [5.74, 6) is -1.67. The second-order valence-electron chi connectivity index (χ2n) is 12.1. The predicted octanol–water partition coefficient (Wildman–Crippen LogP) is 10.1. The van der Waals surface area contributed by atoms with Gasteiger partial charge in [0.15, 0.2) is 0 Å². The average molecular weight is 582 g/mol. The molecular formula is C35H67NO5. The Kier molecular flexibility index (Phi) is 30.1. The maximum absolute atomic E-state index is 12.5. The molecule has 242 valence electrons. The van der Waals surface area contributed by atoms with Crippen LogP contribution in [0.3, 0.4) is 0 Å². The fourth-order valence-corrected chi connectivity index (χ4v) is 5.30. The molecule has 6 nitrogen and oxygen atoms in total. The molecule has 0 radical (unpaired) electrons. The minimum Gasteiger partial charge on any atom is -0.481 e. The quantitative estimate of drug-likeness (QED) is 0.0609. The van der Waals surface area contributed by atoms with Crippen molar-refractivity contribution in [3.63, 3.8) is 0 Å². The molecule has 0 heterocycles. The Hall–Kier alpha value is -1.59. The molecule has 0 rings (SSSR count). The zero-order chi connectivity index (χ0) is 30.2. The number of esters is 1. The summed E-state index contributed by atoms with van der Waals surface area (Å²) in [6.07, 6.45) is 31.4. The van der Waals surface area contributed by atoms with Crippen molar-refractivity contribution in [3.05, 3.63) is 0 Å². The summed E-state index contributed by atoms with van der Waals surface area (Å²) >= 11 is 0. The molecule has 0 spiro atoms. The molecular weight excluding hydrogens is 514 g/mol. The van der Waals surface area contributed by atoms with E-state index in [4.69, 9.17) is 9.84 Å². The molecule has 0 aliphatic carbocycles. The molecule has 0 aliphatic rings. The number of carbonyl (C=O) groups excluding carboxylic acids is 2. The number of carbonyl (C=O) groups is 3. The third kappa shape index (κ3) is 29.7. The van der Waals surface area contributed by atoms with Gasteiger partial charge in [-0.1, -0.05) is 162 Å². The van der Waals surface area contributed by atoms with E-state index in [0.29, 0.717) is 13.0 Å². The van der Waals surface area contributed by atoms with Gasteiger partial charge < -0.3 is 15.2 Å². The van der Waals surface area contributed by atoms with E-state index in [1.165, 1.54) is 122 Å². The monoisotopic (exact) mass is 582 g/mol. The van der Waals surface area contributed by atoms with Crippen LogP contribution in [-0.2, 0) is 19.1 Å². The highest BCUT2D eigenvalue weighted by Crippen LogP contribution is 2.14. The van der Waals surface area contributed by atoms with Crippen molar-refractivity contribution >= 4 is 17.8 Å². The zero-order valence-corrected chi connectivity index (χ0v) is 27.2. The summed E-state index contributed by atoms with van der Waals surface area (Å²) in [6.45, 7) is 4.82. The van der Waals surface area contributed by atoms with Gasteiger partial charge in [0.2, 0.25) is 5.91 Å². The van der Waals surface area contributed by atoms with Crippen LogP contribution in [-0.4, -0.2) is 35.6 Å². The summed E-state index contributed by atoms with van der Waals surface area (Å²) in [4.78, 5) is 36.0. The topological polar surface area (TPSA) is 92.7 Å². The van der Waals surface area contributed by atoms with Gasteiger partial charge in [-0.3, -0.25) is 9.59 Å². The van der Waals surface area contributed by atoms with E-state index in [2.05, 4.69) is 19.2 Å². The van der Waals surface area contributed by atoms with Crippen molar-refractivity contribution in [2.24, 2.45) is 0 Å². The molecule has 6 heteroatoms. The summed E-state index contributed by atoms with van der Waals surface area (Å²) in [7, 11) is 0. The Balaban J connectivity index is 3.86. The Bertz CT molecular complexity index is 609. The van der Waals surface area contributed by atoms with Crippen LogP contribution in [0.5, 0.6) is 0 Å². The lowest BCUT2D eigenvalue weighted by Gasteiger charge is -2.17. The van der Waals surface area contributed by atoms with Crippen LogP contribution in [0.25, 0.3) is 0 Å². The highest BCUT2D eigenvalue weighted by atomic mass is 16.5. The summed E-state index contributed by atoms with van der Waals surface area (Å²) < 4.78 is 5.39. The number of unbranched alkanes of at least 4 members (excludes halogenated alkanes) is 23. The molecule has 0 aromatic rings. The summed E-state index contributed by atoms with van der Waals surface area (Å²) in [5.41, 5.74) is 0. The second-order valence-corrected chi connectivity index (χ2v) is 12.1. The number of hydrogen-bond acceptors (Lipinski definition) is 4. The molecule has 0 saturated heterocycles. The van der Waals surface area contributed by atoms with Crippen molar-refractivity contribution < 1.29 is 24.2 Å². The standard InChI is InChI=1S/C35H67NO5/c1-3-5-7-9-11-13-15-16-17-18-19-20-22-24-26-28-33(37)36-32(29-30-34(38)39)35(40)41-31-27-25-23-21-14-12-10-8-6-4-2/h32H,3-31H2,1-2H3,(H,36,37)(H,38,39). The van der Waals surface area contributed by atoms with Crippen LogP contribution in [0.4, 0.5) is 0 Å². The van der Waals surface area contributed by atoms with Gasteiger partial charge in [-0.15, -0.1) is 0 Å². The average Bonchev–Trinajstić information content (AvgIpc) is 2.95. The van der Waals surface area contributed by atoms with Gasteiger partial charge in [-0.05, 0) is 19.3 Å². The van der Waals surface area contributed by atoms with Crippen molar-refractivity contribution in [2.75, 3.05) is 6.61 Å². The Morgan fingerprint density at radius 1 is 0.537 bits per heavy atom. The van der Waals surface area contributed by atoms with Gasteiger partial charge in [-0.25, -0.2) is 4.79 Å². The van der Waals surface area contributed by atoms with Gasteiger partial charge in [0.25, 0.3) is 0 Å². The first-order valence-electron chi connectivity index (χ1n) is 17.7. The molecule has 0 bridgehead atoms. The van der Waals surface area contributed by atoms with Crippen LogP contribution in [0.2, 0.25) is 0 Å². The molecule has 1 atom stereocenters. The van der Waals surface area contributed by atoms with E-state index < -0.39 is 18.0 Å². The van der Waals surface area contributed by atoms with E-state index in [9.17, 15) is 14.4 Å². The normalized spacial score (nSPS) is 11.9. The maximum atomic E-state index is 12.5. The molecule has 1 unspecified atom stereocenters. The smallest absolute Gasteiger partial charge is 0.328 e. The maximum Gasteiger partial charge on any atom is 0.328 e. The van der Waals surface area contributed by atoms with E-state index >= 15 is 0 Å². The largest absolute Gasteiger partial charge is 0.481 e. The molecule has 2 N–H and O–H groups in total. The van der Waals surface area contributed by atoms with Gasteiger partial charge in [-0.2, -0.15) is 0 Å². The van der Waals surface area contributed by atoms with E-state index in [-0.39, 0.29) is 18.7 Å². The fourth-order valence-electron chi connectivity index (χ4n) is 5.30. The molecule has 41 heavy (non-hydrogen) atoms. The first-order chi connectivity index (χ1) is 20.0. The zero-order valence-electron chi connectivity index (χ0n) is 27.2. The van der Waals surface area contributed by atoms with Crippen LogP contribution < -0.4 is 5.32 Å². The fraction of sp³-hybridized carbons (Fsp3) is 0.914. The molecule has 0 aromatic carbocycles. The minimum absolute atomic E-state index is 0.0663. The van der Waals surface area contributed by atoms with E-state index in [1.807, 2.05) is 0 Å². The molecule has 0 saturated carbocycles. The molecule has 1 amide bonds. The lowest BCUT2D eigenvalue weighted by atomic mass is 10.0. The third-order valence-electron chi connectivity index (χ3n) is 8.02. The lowest BCUT2D eigenvalue weighted by Crippen LogP contribution is -2.42. The number of amides is 1. The van der Waals surface area contributed by atoms with Crippen molar-refractivity contribution in [2.45, 2.75) is 200 Å². The van der Waals surface area contributed by atoms with Crippen LogP contribution in [0, 0.1) is 0 Å². The van der Waals surface area contributed by atoms with E-state index in [1.54, 1.807) is 0 Å². The Morgan fingerprint density at radius 3 is 1.29 bits per heavy atom. The number of hydrogen-bond donors (Lipinski definition) is 2. The minimum atomic E-state index is -0.978. The first-order valence-corrected chi connectivity index (χ1v) is 17.7. The van der Waals surface area contributed by atoms with Gasteiger partial charge >= 0.3 is 11.9 Å². The lowest BCUT2D eigenvalue weighted by molar-refractivity contribution is -0.148. The first kappa shape index (κ1) is 39.4. The van der Waals surface area contributed by atoms with Crippen LogP contribution >= 0.6 is 0 Å². The van der Waals surface area contributed by atoms with Crippen molar-refractivity contribution in [1.82, 2.24) is 5.32 Å². The van der Waals surface area contributed by atoms with Crippen LogP contribution in [0.15, 0.2) is 0 Å². The molecule has 0 aromatic heterocycles. The predicted molar refractivity (Wildman–Crippen MR) is 171 cm³/mol. The summed E-state index contributed by atoms with van der Waals surface area (Å²) in [6, 6.07) is -0.877. The number of carboxylic acids is 1. The number of ether oxygens (including phenoxy) is 1. The summed E-state index contributed by atoms with van der Waals surface area (Å²) in [5, 5.41) is 11.8. The number of carboxylic acid groups (broad SMARTS) is 1. The number of nitrogens with one attached hydrogen (secondary N) is 1. The number of rotatable bonds is 32. The second kappa shape index (κ2) is 31.3. The number of aliphatic carboxylic acids is 1. The van der Waals surface area contributed by atoms with Crippen molar-refractivity contribution in [3.8, 4) is 0 Å². The molecule has 0 fully saturated rings. The van der Waals surface area contributed by atoms with E-state index in [0.717, 1.165) is 38.5 Å². The third-order valence-corrected chi connectivity index (χ3v) is 8.02. The SMILES string of the molecule is CCCCCCCCCCCCCCCCCC(=O)NC(CCC(=O)O)C(=O)OCCCCCCCCCCCC. The Morgan fingerprint density at radius 2 is 0.902 bits per heavy atom. The van der Waals surface area contributed by atoms with Gasteiger partial charge in [0.1, 0.15) is 6.04 Å². The van der Waals surface area contributed by atoms with Crippen LogP contribution in [0.1, 0.15) is 194 Å². The highest BCUT2D eigenvalue weighted by Gasteiger charge is 2.23. The van der Waals surface area contributed by atoms with Gasteiger partial charge in [0, 0.05) is 12.8 Å². The van der Waals surface area contributed by atoms with Crippen molar-refractivity contribution in [1.29, 1.82) is 0 Å². The van der Waals surface area contributed by atoms with Gasteiger partial charge in [0.05, 0.1) is 6.61 Å². The molecule has 0 aliphatic heterocycles. The Labute approximate surface area is 253 Å². The highest BCUT2D eigenvalue weighted by molar-refractivity contribution is 5.84.